The summed E-state index contributed by atoms with van der Waals surface area (Å²) in [7, 11) is 0. The first-order chi connectivity index (χ1) is 11.6. The first-order valence-electron chi connectivity index (χ1n) is 8.52. The van der Waals surface area contributed by atoms with E-state index in [2.05, 4.69) is 27.4 Å². The third kappa shape index (κ3) is 4.42. The molecule has 1 fully saturated rings. The number of benzene rings is 1. The van der Waals surface area contributed by atoms with Crippen LogP contribution in [0.1, 0.15) is 41.4 Å². The molecule has 1 atom stereocenters. The van der Waals surface area contributed by atoms with E-state index < -0.39 is 5.97 Å². The Morgan fingerprint density at radius 1 is 1.33 bits per heavy atom. The molecular formula is C19H24N2O2S. The smallest absolute Gasteiger partial charge is 0.303 e. The molecule has 0 aliphatic carbocycles. The fourth-order valence-electron chi connectivity index (χ4n) is 3.63. The third-order valence-corrected chi connectivity index (χ3v) is 5.80. The predicted octanol–water partition coefficient (Wildman–Crippen LogP) is 3.92. The van der Waals surface area contributed by atoms with Gasteiger partial charge in [-0.3, -0.25) is 9.69 Å². The molecule has 3 rings (SSSR count). The number of nitrogens with zero attached hydrogens (tertiary/aromatic N) is 2. The topological polar surface area (TPSA) is 53.4 Å². The summed E-state index contributed by atoms with van der Waals surface area (Å²) in [5.41, 5.74) is 2.25. The SMILES string of the molecule is Cc1csc(CN2CCC(C(CC(=O)O)c3ccccc3)CC2)n1. The number of carbonyl (C=O) groups is 1. The molecule has 5 heteroatoms. The lowest BCUT2D eigenvalue weighted by atomic mass is 9.78. The minimum Gasteiger partial charge on any atom is -0.481 e. The fourth-order valence-corrected chi connectivity index (χ4v) is 4.44. The van der Waals surface area contributed by atoms with Crippen LogP contribution in [-0.4, -0.2) is 34.0 Å². The second kappa shape index (κ2) is 7.90. The van der Waals surface area contributed by atoms with Gasteiger partial charge in [0.25, 0.3) is 0 Å². The average Bonchev–Trinajstić information content (AvgIpc) is 2.99. The van der Waals surface area contributed by atoms with Gasteiger partial charge < -0.3 is 5.11 Å². The molecule has 0 saturated carbocycles. The number of aromatic nitrogens is 1. The van der Waals surface area contributed by atoms with Gasteiger partial charge in [0.1, 0.15) is 5.01 Å². The van der Waals surface area contributed by atoms with Crippen molar-refractivity contribution in [3.05, 3.63) is 52.0 Å². The van der Waals surface area contributed by atoms with Crippen molar-refractivity contribution in [1.29, 1.82) is 0 Å². The van der Waals surface area contributed by atoms with Gasteiger partial charge in [0, 0.05) is 11.1 Å². The molecule has 2 aromatic rings. The molecule has 0 radical (unpaired) electrons. The monoisotopic (exact) mass is 344 g/mol. The maximum Gasteiger partial charge on any atom is 0.303 e. The van der Waals surface area contributed by atoms with Crippen LogP contribution in [-0.2, 0) is 11.3 Å². The summed E-state index contributed by atoms with van der Waals surface area (Å²) < 4.78 is 0. The van der Waals surface area contributed by atoms with Crippen LogP contribution in [0.5, 0.6) is 0 Å². The molecule has 0 bridgehead atoms. The molecule has 24 heavy (non-hydrogen) atoms. The van der Waals surface area contributed by atoms with Crippen molar-refractivity contribution in [3.63, 3.8) is 0 Å². The second-order valence-corrected chi connectivity index (χ2v) is 7.55. The number of likely N-dealkylation sites (tertiary alicyclic amines) is 1. The lowest BCUT2D eigenvalue weighted by Crippen LogP contribution is -2.35. The van der Waals surface area contributed by atoms with Crippen LogP contribution in [0.4, 0.5) is 0 Å². The van der Waals surface area contributed by atoms with E-state index >= 15 is 0 Å². The Labute approximate surface area is 147 Å². The van der Waals surface area contributed by atoms with Crippen LogP contribution in [0.15, 0.2) is 35.7 Å². The zero-order valence-corrected chi connectivity index (χ0v) is 14.8. The molecule has 1 saturated heterocycles. The summed E-state index contributed by atoms with van der Waals surface area (Å²) in [6, 6.07) is 10.1. The van der Waals surface area contributed by atoms with Crippen molar-refractivity contribution in [2.75, 3.05) is 13.1 Å². The average molecular weight is 344 g/mol. The first-order valence-corrected chi connectivity index (χ1v) is 9.40. The number of aliphatic carboxylic acids is 1. The van der Waals surface area contributed by atoms with Gasteiger partial charge in [-0.05, 0) is 50.3 Å². The Balaban J connectivity index is 1.61. The Kier molecular flexibility index (Phi) is 5.63. The van der Waals surface area contributed by atoms with Gasteiger partial charge in [-0.2, -0.15) is 0 Å². The largest absolute Gasteiger partial charge is 0.481 e. The number of thiazole rings is 1. The third-order valence-electron chi connectivity index (χ3n) is 4.85. The molecular weight excluding hydrogens is 320 g/mol. The van der Waals surface area contributed by atoms with Crippen molar-refractivity contribution in [3.8, 4) is 0 Å². The zero-order valence-electron chi connectivity index (χ0n) is 14.0. The summed E-state index contributed by atoms with van der Waals surface area (Å²) in [6.07, 6.45) is 2.33. The molecule has 0 amide bonds. The van der Waals surface area contributed by atoms with Crippen LogP contribution in [0.25, 0.3) is 0 Å². The summed E-state index contributed by atoms with van der Waals surface area (Å²) in [4.78, 5) is 18.3. The lowest BCUT2D eigenvalue weighted by Gasteiger charge is -2.35. The number of carboxylic acids is 1. The maximum atomic E-state index is 11.3. The quantitative estimate of drug-likeness (QED) is 0.863. The Morgan fingerprint density at radius 2 is 2.04 bits per heavy atom. The van der Waals surface area contributed by atoms with Crippen LogP contribution < -0.4 is 0 Å². The normalized spacial score (nSPS) is 17.7. The molecule has 2 heterocycles. The van der Waals surface area contributed by atoms with E-state index in [1.807, 2.05) is 25.1 Å². The van der Waals surface area contributed by atoms with E-state index in [-0.39, 0.29) is 12.3 Å². The van der Waals surface area contributed by atoms with Gasteiger partial charge in [-0.25, -0.2) is 4.98 Å². The highest BCUT2D eigenvalue weighted by Crippen LogP contribution is 2.35. The van der Waals surface area contributed by atoms with E-state index in [0.29, 0.717) is 5.92 Å². The standard InChI is InChI=1S/C19H24N2O2S/c1-14-13-24-18(20-14)12-21-9-7-16(8-10-21)17(11-19(22)23)15-5-3-2-4-6-15/h2-6,13,16-17H,7-12H2,1H3,(H,22,23). The molecule has 4 nitrogen and oxygen atoms in total. The van der Waals surface area contributed by atoms with Crippen LogP contribution >= 0.6 is 11.3 Å². The van der Waals surface area contributed by atoms with E-state index in [0.717, 1.165) is 43.7 Å². The van der Waals surface area contributed by atoms with Gasteiger partial charge in [0.15, 0.2) is 0 Å². The second-order valence-electron chi connectivity index (χ2n) is 6.61. The maximum absolute atomic E-state index is 11.3. The highest BCUT2D eigenvalue weighted by atomic mass is 32.1. The summed E-state index contributed by atoms with van der Waals surface area (Å²) >= 11 is 1.73. The highest BCUT2D eigenvalue weighted by molar-refractivity contribution is 7.09. The highest BCUT2D eigenvalue weighted by Gasteiger charge is 2.29. The van der Waals surface area contributed by atoms with Gasteiger partial charge in [-0.1, -0.05) is 30.3 Å². The summed E-state index contributed by atoms with van der Waals surface area (Å²) in [5.74, 6) is -0.143. The van der Waals surface area contributed by atoms with E-state index in [1.54, 1.807) is 11.3 Å². The Bertz CT molecular complexity index is 663. The van der Waals surface area contributed by atoms with Crippen molar-refractivity contribution < 1.29 is 9.90 Å². The van der Waals surface area contributed by atoms with Crippen LogP contribution in [0, 0.1) is 12.8 Å². The minimum absolute atomic E-state index is 0.118. The van der Waals surface area contributed by atoms with Gasteiger partial charge in [0.05, 0.1) is 13.0 Å². The number of rotatable bonds is 6. The van der Waals surface area contributed by atoms with Crippen molar-refractivity contribution in [2.24, 2.45) is 5.92 Å². The molecule has 1 aromatic heterocycles. The van der Waals surface area contributed by atoms with Crippen molar-refractivity contribution >= 4 is 17.3 Å². The molecule has 1 aliphatic rings. The summed E-state index contributed by atoms with van der Waals surface area (Å²) in [6.45, 7) is 4.99. The van der Waals surface area contributed by atoms with Gasteiger partial charge >= 0.3 is 5.97 Å². The molecule has 1 unspecified atom stereocenters. The van der Waals surface area contributed by atoms with E-state index in [9.17, 15) is 9.90 Å². The van der Waals surface area contributed by atoms with Crippen LogP contribution in [0.2, 0.25) is 0 Å². The fraction of sp³-hybridized carbons (Fsp3) is 0.474. The van der Waals surface area contributed by atoms with E-state index in [1.165, 1.54) is 5.01 Å². The number of hydrogen-bond acceptors (Lipinski definition) is 4. The lowest BCUT2D eigenvalue weighted by molar-refractivity contribution is -0.137. The minimum atomic E-state index is -0.704. The van der Waals surface area contributed by atoms with Crippen molar-refractivity contribution in [2.45, 2.75) is 38.6 Å². The van der Waals surface area contributed by atoms with Crippen molar-refractivity contribution in [1.82, 2.24) is 9.88 Å². The van der Waals surface area contributed by atoms with Gasteiger partial charge in [-0.15, -0.1) is 11.3 Å². The predicted molar refractivity (Wildman–Crippen MR) is 96.3 cm³/mol. The van der Waals surface area contributed by atoms with Crippen LogP contribution in [0.3, 0.4) is 0 Å². The Morgan fingerprint density at radius 3 is 2.62 bits per heavy atom. The first kappa shape index (κ1) is 17.1. The molecule has 1 aromatic carbocycles. The summed E-state index contributed by atoms with van der Waals surface area (Å²) in [5, 5.41) is 12.6. The number of piperidine rings is 1. The molecule has 128 valence electrons. The molecule has 1 N–H and O–H groups in total. The zero-order chi connectivity index (χ0) is 16.9. The van der Waals surface area contributed by atoms with Gasteiger partial charge in [0.2, 0.25) is 0 Å². The number of aryl methyl sites for hydroxylation is 1. The molecule has 0 spiro atoms. The number of carboxylic acid groups (broad SMARTS) is 1. The Hall–Kier alpha value is -1.72. The molecule has 1 aliphatic heterocycles. The number of hydrogen-bond donors (Lipinski definition) is 1. The van der Waals surface area contributed by atoms with E-state index in [4.69, 9.17) is 0 Å².